The van der Waals surface area contributed by atoms with Crippen LogP contribution in [0.5, 0.6) is 0 Å². The fourth-order valence-electron chi connectivity index (χ4n) is 2.10. The molecule has 0 heterocycles. The lowest BCUT2D eigenvalue weighted by molar-refractivity contribution is 0.0527. The van der Waals surface area contributed by atoms with Crippen LogP contribution < -0.4 is 10.6 Å². The molecule has 112 valence electrons. The molecule has 0 bridgehead atoms. The van der Waals surface area contributed by atoms with Crippen molar-refractivity contribution in [2.24, 2.45) is 5.92 Å². The van der Waals surface area contributed by atoms with Gasteiger partial charge in [0.2, 0.25) is 0 Å². The van der Waals surface area contributed by atoms with E-state index in [4.69, 9.17) is 10.5 Å². The van der Waals surface area contributed by atoms with Gasteiger partial charge in [0.05, 0.1) is 17.9 Å². The van der Waals surface area contributed by atoms with E-state index < -0.39 is 0 Å². The van der Waals surface area contributed by atoms with E-state index in [1.165, 1.54) is 0 Å². The monoisotopic (exact) mass is 278 g/mol. The Bertz CT molecular complexity index is 446. The molecule has 0 aliphatic rings. The van der Waals surface area contributed by atoms with Crippen molar-refractivity contribution >= 4 is 17.3 Å². The van der Waals surface area contributed by atoms with Gasteiger partial charge in [-0.15, -0.1) is 0 Å². The Kier molecular flexibility index (Phi) is 6.36. The summed E-state index contributed by atoms with van der Waals surface area (Å²) in [5.41, 5.74) is 7.84. The van der Waals surface area contributed by atoms with Gasteiger partial charge in [-0.3, -0.25) is 0 Å². The summed E-state index contributed by atoms with van der Waals surface area (Å²) in [7, 11) is 0. The Morgan fingerprint density at radius 1 is 1.35 bits per heavy atom. The van der Waals surface area contributed by atoms with Gasteiger partial charge in [0.1, 0.15) is 0 Å². The van der Waals surface area contributed by atoms with E-state index >= 15 is 0 Å². The Morgan fingerprint density at radius 3 is 2.60 bits per heavy atom. The molecule has 0 saturated heterocycles. The van der Waals surface area contributed by atoms with E-state index in [1.807, 2.05) is 12.1 Å². The first kappa shape index (κ1) is 16.3. The normalized spacial score (nSPS) is 12.0. The van der Waals surface area contributed by atoms with Crippen LogP contribution in [0, 0.1) is 5.92 Å². The highest BCUT2D eigenvalue weighted by Crippen LogP contribution is 2.25. The maximum Gasteiger partial charge on any atom is 0.340 e. The number of nitrogen functional groups attached to an aromatic ring is 1. The zero-order valence-corrected chi connectivity index (χ0v) is 13.0. The van der Waals surface area contributed by atoms with Crippen molar-refractivity contribution in [3.63, 3.8) is 0 Å². The van der Waals surface area contributed by atoms with Gasteiger partial charge in [0, 0.05) is 18.8 Å². The van der Waals surface area contributed by atoms with Crippen LogP contribution in [0.25, 0.3) is 0 Å². The van der Waals surface area contributed by atoms with E-state index in [0.29, 0.717) is 23.8 Å². The number of hydrogen-bond donors (Lipinski definition) is 1. The third-order valence-electron chi connectivity index (χ3n) is 3.47. The standard InChI is InChI=1S/C16H26N2O2/c1-5-12(4)11-18(6-2)15-9-8-13(17)10-14(15)16(19)20-7-3/h8-10,12H,5-7,11,17H2,1-4H3. The predicted octanol–water partition coefficient (Wildman–Crippen LogP) is 3.32. The number of esters is 1. The van der Waals surface area contributed by atoms with Gasteiger partial charge in [-0.25, -0.2) is 4.79 Å². The van der Waals surface area contributed by atoms with Crippen molar-refractivity contribution in [3.05, 3.63) is 23.8 Å². The van der Waals surface area contributed by atoms with Gasteiger partial charge < -0.3 is 15.4 Å². The molecule has 0 fully saturated rings. The summed E-state index contributed by atoms with van der Waals surface area (Å²) < 4.78 is 5.13. The quantitative estimate of drug-likeness (QED) is 0.614. The summed E-state index contributed by atoms with van der Waals surface area (Å²) in [6.45, 7) is 10.4. The van der Waals surface area contributed by atoms with Crippen LogP contribution in [0.15, 0.2) is 18.2 Å². The Hall–Kier alpha value is -1.71. The highest BCUT2D eigenvalue weighted by atomic mass is 16.5. The number of rotatable bonds is 7. The number of hydrogen-bond acceptors (Lipinski definition) is 4. The number of benzene rings is 1. The molecule has 4 heteroatoms. The molecular formula is C16H26N2O2. The first-order valence-corrected chi connectivity index (χ1v) is 7.34. The summed E-state index contributed by atoms with van der Waals surface area (Å²) in [5.74, 6) is 0.264. The van der Waals surface area contributed by atoms with Gasteiger partial charge in [0.15, 0.2) is 0 Å². The van der Waals surface area contributed by atoms with Crippen molar-refractivity contribution < 1.29 is 9.53 Å². The predicted molar refractivity (Wildman–Crippen MR) is 84.2 cm³/mol. The van der Waals surface area contributed by atoms with Gasteiger partial charge in [-0.1, -0.05) is 20.3 Å². The Morgan fingerprint density at radius 2 is 2.05 bits per heavy atom. The molecule has 0 aliphatic carbocycles. The molecule has 0 amide bonds. The molecule has 0 aliphatic heterocycles. The maximum absolute atomic E-state index is 12.1. The lowest BCUT2D eigenvalue weighted by Gasteiger charge is -2.28. The number of nitrogens with zero attached hydrogens (tertiary/aromatic N) is 1. The summed E-state index contributed by atoms with van der Waals surface area (Å²) in [6, 6.07) is 5.44. The van der Waals surface area contributed by atoms with Gasteiger partial charge in [-0.05, 0) is 38.0 Å². The molecule has 0 spiro atoms. The number of anilines is 2. The van der Waals surface area contributed by atoms with E-state index in [1.54, 1.807) is 13.0 Å². The highest BCUT2D eigenvalue weighted by Gasteiger charge is 2.18. The van der Waals surface area contributed by atoms with E-state index in [-0.39, 0.29) is 5.97 Å². The van der Waals surface area contributed by atoms with Crippen molar-refractivity contribution in [1.29, 1.82) is 0 Å². The number of carbonyl (C=O) groups excluding carboxylic acids is 1. The second-order valence-corrected chi connectivity index (χ2v) is 5.05. The van der Waals surface area contributed by atoms with Crippen molar-refractivity contribution in [1.82, 2.24) is 0 Å². The zero-order chi connectivity index (χ0) is 15.1. The molecule has 2 N–H and O–H groups in total. The SMILES string of the molecule is CCOC(=O)c1cc(N)ccc1N(CC)CC(C)CC. The minimum atomic E-state index is -0.308. The lowest BCUT2D eigenvalue weighted by atomic mass is 10.1. The average Bonchev–Trinajstić information content (AvgIpc) is 2.45. The number of nitrogens with two attached hydrogens (primary N) is 1. The second kappa shape index (κ2) is 7.78. The fraction of sp³-hybridized carbons (Fsp3) is 0.562. The minimum Gasteiger partial charge on any atom is -0.462 e. The molecule has 0 radical (unpaired) electrons. The Balaban J connectivity index is 3.10. The zero-order valence-electron chi connectivity index (χ0n) is 13.0. The van der Waals surface area contributed by atoms with Crippen molar-refractivity contribution in [2.45, 2.75) is 34.1 Å². The molecule has 1 aromatic carbocycles. The van der Waals surface area contributed by atoms with Crippen LogP contribution in [0.4, 0.5) is 11.4 Å². The largest absolute Gasteiger partial charge is 0.462 e. The number of ether oxygens (including phenoxy) is 1. The van der Waals surface area contributed by atoms with Crippen LogP contribution in [0.3, 0.4) is 0 Å². The molecule has 1 unspecified atom stereocenters. The molecule has 0 saturated carbocycles. The third-order valence-corrected chi connectivity index (χ3v) is 3.47. The molecular weight excluding hydrogens is 252 g/mol. The number of carbonyl (C=O) groups is 1. The average molecular weight is 278 g/mol. The molecule has 1 atom stereocenters. The van der Waals surface area contributed by atoms with Crippen molar-refractivity contribution in [2.75, 3.05) is 30.3 Å². The first-order chi connectivity index (χ1) is 9.53. The minimum absolute atomic E-state index is 0.308. The molecule has 4 nitrogen and oxygen atoms in total. The molecule has 1 rings (SSSR count). The summed E-state index contributed by atoms with van der Waals surface area (Å²) in [4.78, 5) is 14.3. The first-order valence-electron chi connectivity index (χ1n) is 7.34. The van der Waals surface area contributed by atoms with Gasteiger partial charge in [0.25, 0.3) is 0 Å². The lowest BCUT2D eigenvalue weighted by Crippen LogP contribution is -2.29. The summed E-state index contributed by atoms with van der Waals surface area (Å²) in [6.07, 6.45) is 1.11. The van der Waals surface area contributed by atoms with Gasteiger partial charge in [-0.2, -0.15) is 0 Å². The molecule has 0 aromatic heterocycles. The summed E-state index contributed by atoms with van der Waals surface area (Å²) in [5, 5.41) is 0. The van der Waals surface area contributed by atoms with Gasteiger partial charge >= 0.3 is 5.97 Å². The van der Waals surface area contributed by atoms with Crippen LogP contribution in [0.2, 0.25) is 0 Å². The van der Waals surface area contributed by atoms with Crippen molar-refractivity contribution in [3.8, 4) is 0 Å². The summed E-state index contributed by atoms with van der Waals surface area (Å²) >= 11 is 0. The third kappa shape index (κ3) is 4.15. The highest BCUT2D eigenvalue weighted by molar-refractivity contribution is 5.97. The second-order valence-electron chi connectivity index (χ2n) is 5.05. The molecule has 20 heavy (non-hydrogen) atoms. The van der Waals surface area contributed by atoms with E-state index in [9.17, 15) is 4.79 Å². The maximum atomic E-state index is 12.1. The topological polar surface area (TPSA) is 55.6 Å². The van der Waals surface area contributed by atoms with E-state index in [0.717, 1.165) is 25.2 Å². The smallest absolute Gasteiger partial charge is 0.340 e. The fourth-order valence-corrected chi connectivity index (χ4v) is 2.10. The van der Waals surface area contributed by atoms with Crippen LogP contribution >= 0.6 is 0 Å². The van der Waals surface area contributed by atoms with Crippen LogP contribution in [-0.2, 0) is 4.74 Å². The van der Waals surface area contributed by atoms with Crippen LogP contribution in [-0.4, -0.2) is 25.7 Å². The van der Waals surface area contributed by atoms with Crippen LogP contribution in [0.1, 0.15) is 44.5 Å². The molecule has 1 aromatic rings. The Labute approximate surface area is 121 Å². The van der Waals surface area contributed by atoms with E-state index in [2.05, 4.69) is 25.7 Å².